The summed E-state index contributed by atoms with van der Waals surface area (Å²) >= 11 is 0. The summed E-state index contributed by atoms with van der Waals surface area (Å²) in [7, 11) is 0. The number of rotatable bonds is 10. The molecular weight excluding hydrogens is 347 g/mol. The Morgan fingerprint density at radius 1 is 1.19 bits per heavy atom. The average molecular weight is 376 g/mol. The number of alkyl halides is 1. The van der Waals surface area contributed by atoms with Crippen molar-refractivity contribution in [3.8, 4) is 0 Å². The van der Waals surface area contributed by atoms with Crippen LogP contribution in [0.4, 0.5) is 4.39 Å². The maximum absolute atomic E-state index is 12.9. The first-order valence-electron chi connectivity index (χ1n) is 9.60. The van der Waals surface area contributed by atoms with E-state index < -0.39 is 12.0 Å². The molecule has 0 radical (unpaired) electrons. The van der Waals surface area contributed by atoms with E-state index in [-0.39, 0.29) is 25.1 Å². The maximum atomic E-state index is 12.9. The van der Waals surface area contributed by atoms with Gasteiger partial charge in [-0.3, -0.25) is 9.18 Å². The standard InChI is InChI=1S/C21H29FN2O3/c1-4-27-21(26)19(15(2)3)23-20(25)17-14-24(13-9-5-8-12-22)18-11-7-6-10-16(17)18/h6-7,10-11,14-15,19H,4-5,8-9,12-13H2,1-3H3,(H,23,25). The molecule has 1 heterocycles. The molecule has 0 aliphatic rings. The van der Waals surface area contributed by atoms with Crippen molar-refractivity contribution >= 4 is 22.8 Å². The first-order chi connectivity index (χ1) is 13.0. The Morgan fingerprint density at radius 2 is 1.93 bits per heavy atom. The molecule has 0 fully saturated rings. The number of halogens is 1. The number of carbonyl (C=O) groups excluding carboxylic acids is 2. The van der Waals surface area contributed by atoms with Gasteiger partial charge in [-0.2, -0.15) is 0 Å². The van der Waals surface area contributed by atoms with Crippen molar-refractivity contribution in [3.05, 3.63) is 36.0 Å². The molecule has 0 aliphatic heterocycles. The zero-order valence-corrected chi connectivity index (χ0v) is 16.3. The second-order valence-corrected chi connectivity index (χ2v) is 6.95. The minimum Gasteiger partial charge on any atom is -0.464 e. The lowest BCUT2D eigenvalue weighted by molar-refractivity contribution is -0.146. The molecule has 0 saturated carbocycles. The topological polar surface area (TPSA) is 60.3 Å². The lowest BCUT2D eigenvalue weighted by Crippen LogP contribution is -2.45. The summed E-state index contributed by atoms with van der Waals surface area (Å²) in [6, 6.07) is 6.99. The molecule has 2 rings (SSSR count). The van der Waals surface area contributed by atoms with Gasteiger partial charge in [-0.15, -0.1) is 0 Å². The quantitative estimate of drug-likeness (QED) is 0.502. The molecule has 0 aliphatic carbocycles. The second kappa shape index (κ2) is 10.1. The van der Waals surface area contributed by atoms with Crippen LogP contribution in [0.3, 0.4) is 0 Å². The number of para-hydroxylation sites is 1. The van der Waals surface area contributed by atoms with Crippen LogP contribution >= 0.6 is 0 Å². The van der Waals surface area contributed by atoms with Crippen LogP contribution in [-0.4, -0.2) is 35.8 Å². The van der Waals surface area contributed by atoms with Crippen molar-refractivity contribution in [3.63, 3.8) is 0 Å². The molecule has 1 atom stereocenters. The van der Waals surface area contributed by atoms with Gasteiger partial charge in [0.1, 0.15) is 6.04 Å². The monoisotopic (exact) mass is 376 g/mol. The van der Waals surface area contributed by atoms with E-state index in [1.54, 1.807) is 6.92 Å². The van der Waals surface area contributed by atoms with Gasteiger partial charge in [-0.05, 0) is 38.2 Å². The number of unbranched alkanes of at least 4 members (excludes halogenated alkanes) is 2. The third kappa shape index (κ3) is 5.31. The van der Waals surface area contributed by atoms with Crippen LogP contribution in [0.25, 0.3) is 10.9 Å². The Kier molecular flexibility index (Phi) is 7.82. The molecule has 2 aromatic rings. The Hall–Kier alpha value is -2.37. The highest BCUT2D eigenvalue weighted by Gasteiger charge is 2.27. The minimum atomic E-state index is -0.691. The van der Waals surface area contributed by atoms with Gasteiger partial charge in [0.2, 0.25) is 0 Å². The van der Waals surface area contributed by atoms with E-state index in [0.717, 1.165) is 30.3 Å². The third-order valence-electron chi connectivity index (χ3n) is 4.56. The molecule has 1 aromatic heterocycles. The van der Waals surface area contributed by atoms with Crippen molar-refractivity contribution in [2.75, 3.05) is 13.3 Å². The molecule has 1 N–H and O–H groups in total. The van der Waals surface area contributed by atoms with Crippen molar-refractivity contribution in [1.29, 1.82) is 0 Å². The maximum Gasteiger partial charge on any atom is 0.328 e. The number of hydrogen-bond acceptors (Lipinski definition) is 3. The molecular formula is C21H29FN2O3. The minimum absolute atomic E-state index is 0.0814. The van der Waals surface area contributed by atoms with E-state index in [0.29, 0.717) is 12.0 Å². The average Bonchev–Trinajstić information content (AvgIpc) is 3.02. The third-order valence-corrected chi connectivity index (χ3v) is 4.56. The van der Waals surface area contributed by atoms with Crippen LogP contribution in [0, 0.1) is 5.92 Å². The number of nitrogens with one attached hydrogen (secondary N) is 1. The Balaban J connectivity index is 2.23. The first kappa shape index (κ1) is 20.9. The number of nitrogens with zero attached hydrogens (tertiary/aromatic N) is 1. The summed E-state index contributed by atoms with van der Waals surface area (Å²) in [6.45, 7) is 6.18. The van der Waals surface area contributed by atoms with Gasteiger partial charge in [0.05, 0.1) is 18.8 Å². The van der Waals surface area contributed by atoms with Crippen LogP contribution in [-0.2, 0) is 16.1 Å². The number of carbonyl (C=O) groups is 2. The predicted octanol–water partition coefficient (Wildman–Crippen LogP) is 4.10. The van der Waals surface area contributed by atoms with Crippen LogP contribution in [0.1, 0.15) is 50.4 Å². The van der Waals surface area contributed by atoms with E-state index in [2.05, 4.69) is 5.32 Å². The zero-order chi connectivity index (χ0) is 19.8. The van der Waals surface area contributed by atoms with Gasteiger partial charge in [-0.1, -0.05) is 32.0 Å². The molecule has 27 heavy (non-hydrogen) atoms. The number of amides is 1. The Labute approximate surface area is 159 Å². The van der Waals surface area contributed by atoms with Gasteiger partial charge >= 0.3 is 5.97 Å². The Morgan fingerprint density at radius 3 is 2.59 bits per heavy atom. The van der Waals surface area contributed by atoms with Gasteiger partial charge < -0.3 is 14.6 Å². The van der Waals surface area contributed by atoms with Crippen molar-refractivity contribution in [1.82, 2.24) is 9.88 Å². The smallest absolute Gasteiger partial charge is 0.328 e. The molecule has 0 bridgehead atoms. The number of benzene rings is 1. The first-order valence-corrected chi connectivity index (χ1v) is 9.60. The summed E-state index contributed by atoms with van der Waals surface area (Å²) in [5.41, 5.74) is 1.49. The number of ether oxygens (including phenoxy) is 1. The van der Waals surface area contributed by atoms with Crippen molar-refractivity contribution < 1.29 is 18.7 Å². The summed E-state index contributed by atoms with van der Waals surface area (Å²) < 4.78 is 19.4. The summed E-state index contributed by atoms with van der Waals surface area (Å²) in [5.74, 6) is -0.793. The fraction of sp³-hybridized carbons (Fsp3) is 0.524. The number of aryl methyl sites for hydroxylation is 1. The van der Waals surface area contributed by atoms with Crippen molar-refractivity contribution in [2.45, 2.75) is 52.6 Å². The lowest BCUT2D eigenvalue weighted by Gasteiger charge is -2.20. The summed E-state index contributed by atoms with van der Waals surface area (Å²) in [4.78, 5) is 25.0. The van der Waals surface area contributed by atoms with Crippen LogP contribution in [0.15, 0.2) is 30.5 Å². The molecule has 1 aromatic carbocycles. The van der Waals surface area contributed by atoms with Gasteiger partial charge in [0, 0.05) is 23.6 Å². The molecule has 0 saturated heterocycles. The predicted molar refractivity (Wildman–Crippen MR) is 104 cm³/mol. The van der Waals surface area contributed by atoms with E-state index >= 15 is 0 Å². The van der Waals surface area contributed by atoms with E-state index in [1.165, 1.54) is 0 Å². The molecule has 0 spiro atoms. The van der Waals surface area contributed by atoms with Gasteiger partial charge in [0.25, 0.3) is 5.91 Å². The highest BCUT2D eigenvalue weighted by Crippen LogP contribution is 2.22. The normalized spacial score (nSPS) is 12.3. The van der Waals surface area contributed by atoms with E-state index in [9.17, 15) is 14.0 Å². The van der Waals surface area contributed by atoms with Crippen molar-refractivity contribution in [2.24, 2.45) is 5.92 Å². The number of aromatic nitrogens is 1. The molecule has 1 amide bonds. The van der Waals surface area contributed by atoms with E-state index in [1.807, 2.05) is 48.9 Å². The largest absolute Gasteiger partial charge is 0.464 e. The second-order valence-electron chi connectivity index (χ2n) is 6.95. The fourth-order valence-corrected chi connectivity index (χ4v) is 3.11. The highest BCUT2D eigenvalue weighted by atomic mass is 19.1. The molecule has 6 heteroatoms. The molecule has 148 valence electrons. The van der Waals surface area contributed by atoms with Crippen LogP contribution in [0.5, 0.6) is 0 Å². The SMILES string of the molecule is CCOC(=O)C(NC(=O)c1cn(CCCCCF)c2ccccc12)C(C)C. The Bertz CT molecular complexity index is 770. The summed E-state index contributed by atoms with van der Waals surface area (Å²) in [6.07, 6.45) is 4.03. The van der Waals surface area contributed by atoms with Crippen LogP contribution < -0.4 is 5.32 Å². The number of fused-ring (bicyclic) bond motifs is 1. The fourth-order valence-electron chi connectivity index (χ4n) is 3.11. The van der Waals surface area contributed by atoms with Crippen LogP contribution in [0.2, 0.25) is 0 Å². The summed E-state index contributed by atoms with van der Waals surface area (Å²) in [5, 5.41) is 3.66. The number of hydrogen-bond donors (Lipinski definition) is 1. The van der Waals surface area contributed by atoms with Gasteiger partial charge in [0.15, 0.2) is 0 Å². The number of esters is 1. The molecule has 1 unspecified atom stereocenters. The molecule has 5 nitrogen and oxygen atoms in total. The highest BCUT2D eigenvalue weighted by molar-refractivity contribution is 6.08. The lowest BCUT2D eigenvalue weighted by atomic mass is 10.0. The van der Waals surface area contributed by atoms with E-state index in [4.69, 9.17) is 4.74 Å². The van der Waals surface area contributed by atoms with Gasteiger partial charge in [-0.25, -0.2) is 4.79 Å². The zero-order valence-electron chi connectivity index (χ0n) is 16.3.